The van der Waals surface area contributed by atoms with Gasteiger partial charge < -0.3 is 10.1 Å². The first-order valence-corrected chi connectivity index (χ1v) is 8.12. The summed E-state index contributed by atoms with van der Waals surface area (Å²) in [5, 5.41) is 16.1. The highest BCUT2D eigenvalue weighted by Crippen LogP contribution is 2.26. The maximum atomic E-state index is 12.2. The quantitative estimate of drug-likeness (QED) is 0.560. The van der Waals surface area contributed by atoms with Crippen LogP contribution >= 0.6 is 0 Å². The van der Waals surface area contributed by atoms with Gasteiger partial charge in [0, 0.05) is 29.8 Å². The molecule has 3 heterocycles. The van der Waals surface area contributed by atoms with Gasteiger partial charge in [-0.1, -0.05) is 0 Å². The number of anilines is 2. The first kappa shape index (κ1) is 18.2. The van der Waals surface area contributed by atoms with Gasteiger partial charge in [-0.05, 0) is 36.4 Å². The third-order valence-electron chi connectivity index (χ3n) is 3.75. The number of nitrogens with one attached hydrogen (secondary N) is 1. The van der Waals surface area contributed by atoms with E-state index in [1.54, 1.807) is 24.5 Å². The summed E-state index contributed by atoms with van der Waals surface area (Å²) in [5.41, 5.74) is 2.37. The van der Waals surface area contributed by atoms with Crippen LogP contribution in [0.1, 0.15) is 5.69 Å². The van der Waals surface area contributed by atoms with Crippen LogP contribution < -0.4 is 10.1 Å². The number of aromatic nitrogens is 5. The van der Waals surface area contributed by atoms with Crippen LogP contribution in [0.2, 0.25) is 0 Å². The lowest BCUT2D eigenvalue weighted by Crippen LogP contribution is -2.16. The van der Waals surface area contributed by atoms with E-state index in [-0.39, 0.29) is 17.4 Å². The minimum atomic E-state index is -4.75. The number of hydrogen-bond acceptors (Lipinski definition) is 7. The van der Waals surface area contributed by atoms with Gasteiger partial charge in [0.05, 0.1) is 0 Å². The lowest BCUT2D eigenvalue weighted by atomic mass is 10.2. The van der Waals surface area contributed by atoms with Crippen LogP contribution in [0.3, 0.4) is 0 Å². The van der Waals surface area contributed by atoms with Crippen molar-refractivity contribution < 1.29 is 17.9 Å². The molecule has 0 aliphatic heterocycles. The molecule has 0 amide bonds. The van der Waals surface area contributed by atoms with Crippen molar-refractivity contribution in [3.63, 3.8) is 0 Å². The number of hydrogen-bond donors (Lipinski definition) is 1. The fourth-order valence-corrected chi connectivity index (χ4v) is 2.54. The fraction of sp³-hybridized carbons (Fsp3) is 0.0556. The van der Waals surface area contributed by atoms with E-state index in [1.807, 2.05) is 6.07 Å². The van der Waals surface area contributed by atoms with Gasteiger partial charge in [0.2, 0.25) is 5.95 Å². The van der Waals surface area contributed by atoms with Gasteiger partial charge in [-0.3, -0.25) is 4.98 Å². The lowest BCUT2D eigenvalue weighted by molar-refractivity contribution is -0.274. The maximum Gasteiger partial charge on any atom is 0.573 e. The monoisotopic (exact) mass is 397 g/mol. The van der Waals surface area contributed by atoms with Crippen molar-refractivity contribution in [1.29, 1.82) is 5.26 Å². The molecule has 4 rings (SSSR count). The summed E-state index contributed by atoms with van der Waals surface area (Å²) in [5.74, 6) is -0.101. The number of rotatable bonds is 4. The summed E-state index contributed by atoms with van der Waals surface area (Å²) in [6.45, 7) is 0. The van der Waals surface area contributed by atoms with Crippen molar-refractivity contribution >= 4 is 17.3 Å². The Hall–Kier alpha value is -4.20. The molecule has 11 heteroatoms. The molecule has 0 aliphatic rings. The average Bonchev–Trinajstić information content (AvgIpc) is 3.11. The molecular formula is C18H10F3N7O. The largest absolute Gasteiger partial charge is 0.573 e. The molecule has 0 bridgehead atoms. The summed E-state index contributed by atoms with van der Waals surface area (Å²) in [6, 6.07) is 10.4. The van der Waals surface area contributed by atoms with Crippen molar-refractivity contribution in [3.8, 4) is 23.1 Å². The summed E-state index contributed by atoms with van der Waals surface area (Å²) in [6.07, 6.45) is -0.0829. The number of nitrogens with zero attached hydrogens (tertiary/aromatic N) is 6. The molecule has 144 valence electrons. The smallest absolute Gasteiger partial charge is 0.406 e. The molecular weight excluding hydrogens is 387 g/mol. The summed E-state index contributed by atoms with van der Waals surface area (Å²) in [4.78, 5) is 12.7. The second-order valence-corrected chi connectivity index (χ2v) is 5.72. The first-order chi connectivity index (χ1) is 13.9. The Labute approximate surface area is 161 Å². The van der Waals surface area contributed by atoms with Crippen molar-refractivity contribution in [1.82, 2.24) is 24.6 Å². The topological polar surface area (TPSA) is 101 Å². The number of ether oxygens (including phenoxy) is 1. The molecule has 0 radical (unpaired) electrons. The molecule has 4 aromatic rings. The highest BCUT2D eigenvalue weighted by atomic mass is 19.4. The zero-order valence-electron chi connectivity index (χ0n) is 14.4. The predicted octanol–water partition coefficient (Wildman–Crippen LogP) is 3.70. The summed E-state index contributed by atoms with van der Waals surface area (Å²) in [7, 11) is 0. The second-order valence-electron chi connectivity index (χ2n) is 5.72. The number of pyridine rings is 1. The molecule has 0 saturated carbocycles. The molecule has 29 heavy (non-hydrogen) atoms. The van der Waals surface area contributed by atoms with E-state index in [2.05, 4.69) is 30.1 Å². The molecule has 3 aromatic heterocycles. The maximum absolute atomic E-state index is 12.2. The van der Waals surface area contributed by atoms with Gasteiger partial charge in [-0.15, -0.1) is 18.3 Å². The highest BCUT2D eigenvalue weighted by molar-refractivity contribution is 5.74. The van der Waals surface area contributed by atoms with Crippen LogP contribution in [0.4, 0.5) is 24.8 Å². The third kappa shape index (κ3) is 4.06. The minimum Gasteiger partial charge on any atom is -0.406 e. The average molecular weight is 397 g/mol. The zero-order valence-corrected chi connectivity index (χ0v) is 14.4. The van der Waals surface area contributed by atoms with Gasteiger partial charge in [0.1, 0.15) is 23.2 Å². The summed E-state index contributed by atoms with van der Waals surface area (Å²) >= 11 is 0. The molecule has 8 nitrogen and oxygen atoms in total. The minimum absolute atomic E-state index is 0.227. The Morgan fingerprint density at radius 1 is 1.07 bits per heavy atom. The predicted molar refractivity (Wildman–Crippen MR) is 95.1 cm³/mol. The van der Waals surface area contributed by atoms with Crippen LogP contribution in [0.25, 0.3) is 16.9 Å². The van der Waals surface area contributed by atoms with Crippen LogP contribution in [0.5, 0.6) is 5.75 Å². The molecule has 1 N–H and O–H groups in total. The van der Waals surface area contributed by atoms with Gasteiger partial charge in [0.25, 0.3) is 0 Å². The van der Waals surface area contributed by atoms with E-state index < -0.39 is 6.36 Å². The zero-order chi connectivity index (χ0) is 20.4. The van der Waals surface area contributed by atoms with Crippen LogP contribution in [-0.4, -0.2) is 30.9 Å². The van der Waals surface area contributed by atoms with E-state index in [0.29, 0.717) is 22.6 Å². The van der Waals surface area contributed by atoms with E-state index in [0.717, 1.165) is 0 Å². The number of halogens is 3. The fourth-order valence-electron chi connectivity index (χ4n) is 2.54. The Balaban J connectivity index is 1.60. The van der Waals surface area contributed by atoms with Crippen molar-refractivity contribution in [2.24, 2.45) is 0 Å². The normalized spacial score (nSPS) is 11.2. The Morgan fingerprint density at radius 3 is 2.52 bits per heavy atom. The Bertz CT molecular complexity index is 1200. The number of fused-ring (bicyclic) bond motifs is 1. The Kier molecular flexibility index (Phi) is 4.44. The molecule has 1 aromatic carbocycles. The number of benzene rings is 1. The van der Waals surface area contributed by atoms with Crippen molar-refractivity contribution in [2.45, 2.75) is 6.36 Å². The SMILES string of the molecule is N#Cc1ccc(-c2nccn3nc(Nc4ccc(OC(F)(F)F)cc4)nc23)cn1. The molecule has 0 fully saturated rings. The van der Waals surface area contributed by atoms with E-state index in [1.165, 1.54) is 35.0 Å². The van der Waals surface area contributed by atoms with Gasteiger partial charge in [-0.25, -0.2) is 9.50 Å². The first-order valence-electron chi connectivity index (χ1n) is 8.12. The highest BCUT2D eigenvalue weighted by Gasteiger charge is 2.30. The molecule has 0 aliphatic carbocycles. The Morgan fingerprint density at radius 2 is 1.86 bits per heavy atom. The molecule has 0 atom stereocenters. The molecule has 0 unspecified atom stereocenters. The van der Waals surface area contributed by atoms with Crippen molar-refractivity contribution in [2.75, 3.05) is 5.32 Å². The lowest BCUT2D eigenvalue weighted by Gasteiger charge is -2.09. The second kappa shape index (κ2) is 7.08. The third-order valence-corrected chi connectivity index (χ3v) is 3.75. The summed E-state index contributed by atoms with van der Waals surface area (Å²) < 4.78 is 42.1. The molecule has 0 spiro atoms. The standard InChI is InChI=1S/C18H10F3N7O/c19-18(20,21)29-14-5-3-12(4-6-14)25-17-26-16-15(23-7-8-28(16)27-17)11-1-2-13(9-22)24-10-11/h1-8,10H,(H,25,27). The van der Waals surface area contributed by atoms with E-state index >= 15 is 0 Å². The molecule has 0 saturated heterocycles. The van der Waals surface area contributed by atoms with Gasteiger partial charge in [-0.2, -0.15) is 10.2 Å². The number of nitriles is 1. The van der Waals surface area contributed by atoms with E-state index in [9.17, 15) is 13.2 Å². The van der Waals surface area contributed by atoms with Crippen LogP contribution in [-0.2, 0) is 0 Å². The van der Waals surface area contributed by atoms with Gasteiger partial charge >= 0.3 is 6.36 Å². The van der Waals surface area contributed by atoms with E-state index in [4.69, 9.17) is 5.26 Å². The van der Waals surface area contributed by atoms with Crippen molar-refractivity contribution in [3.05, 3.63) is 60.7 Å². The van der Waals surface area contributed by atoms with Crippen LogP contribution in [0, 0.1) is 11.3 Å². The van der Waals surface area contributed by atoms with Gasteiger partial charge in [0.15, 0.2) is 5.65 Å². The number of alkyl halides is 3. The van der Waals surface area contributed by atoms with Crippen LogP contribution in [0.15, 0.2) is 55.0 Å².